The summed E-state index contributed by atoms with van der Waals surface area (Å²) in [6, 6.07) is 6.88. The van der Waals surface area contributed by atoms with E-state index in [9.17, 15) is 22.7 Å². The van der Waals surface area contributed by atoms with Crippen molar-refractivity contribution in [3.63, 3.8) is 0 Å². The highest BCUT2D eigenvalue weighted by Crippen LogP contribution is 2.42. The van der Waals surface area contributed by atoms with E-state index in [0.29, 0.717) is 36.0 Å². The average Bonchev–Trinajstić information content (AvgIpc) is 3.26. The number of hydrogen-bond acceptors (Lipinski definition) is 8. The van der Waals surface area contributed by atoms with Crippen LogP contribution in [-0.2, 0) is 5.60 Å². The quantitative estimate of drug-likeness (QED) is 0.432. The van der Waals surface area contributed by atoms with Gasteiger partial charge < -0.3 is 20.5 Å². The number of anilines is 2. The van der Waals surface area contributed by atoms with E-state index in [4.69, 9.17) is 4.74 Å². The molecular formula is C22H23F4N5O2S. The Hall–Kier alpha value is -2.83. The van der Waals surface area contributed by atoms with Gasteiger partial charge in [-0.3, -0.25) is 0 Å². The molecule has 0 bridgehead atoms. The van der Waals surface area contributed by atoms with Crippen LogP contribution in [0.5, 0.6) is 5.88 Å². The highest BCUT2D eigenvalue weighted by molar-refractivity contribution is 7.15. The van der Waals surface area contributed by atoms with E-state index in [-0.39, 0.29) is 18.4 Å². The molecule has 1 aromatic carbocycles. The number of aryl methyl sites for hydroxylation is 1. The molecule has 3 unspecified atom stereocenters. The average molecular weight is 498 g/mol. The van der Waals surface area contributed by atoms with E-state index in [1.165, 1.54) is 12.4 Å². The van der Waals surface area contributed by atoms with Gasteiger partial charge in [-0.2, -0.15) is 18.2 Å². The van der Waals surface area contributed by atoms with Gasteiger partial charge in [-0.25, -0.2) is 14.4 Å². The van der Waals surface area contributed by atoms with Crippen LogP contribution >= 0.6 is 11.3 Å². The number of ether oxygens (including phenoxy) is 1. The van der Waals surface area contributed by atoms with E-state index >= 15 is 0 Å². The molecule has 0 spiro atoms. The maximum Gasteiger partial charge on any atom is 0.423 e. The fourth-order valence-corrected chi connectivity index (χ4v) is 4.40. The van der Waals surface area contributed by atoms with Gasteiger partial charge in [0.1, 0.15) is 17.3 Å². The minimum Gasteiger partial charge on any atom is -0.471 e. The number of thiazole rings is 1. The van der Waals surface area contributed by atoms with Gasteiger partial charge in [-0.15, -0.1) is 11.3 Å². The van der Waals surface area contributed by atoms with Crippen LogP contribution in [0, 0.1) is 6.92 Å². The van der Waals surface area contributed by atoms with Crippen LogP contribution in [0.2, 0.25) is 0 Å². The third-order valence-electron chi connectivity index (χ3n) is 5.34. The minimum atomic E-state index is -4.85. The van der Waals surface area contributed by atoms with Crippen molar-refractivity contribution < 1.29 is 27.4 Å². The first kappa shape index (κ1) is 24.3. The molecule has 1 fully saturated rings. The van der Waals surface area contributed by atoms with Gasteiger partial charge in [0.2, 0.25) is 17.4 Å². The smallest absolute Gasteiger partial charge is 0.423 e. The first-order valence-electron chi connectivity index (χ1n) is 10.5. The van der Waals surface area contributed by atoms with Gasteiger partial charge in [-0.05, 0) is 50.1 Å². The summed E-state index contributed by atoms with van der Waals surface area (Å²) in [5.41, 5.74) is -0.997. The fourth-order valence-electron chi connectivity index (χ4n) is 3.43. The Bertz CT molecular complexity index is 1150. The van der Waals surface area contributed by atoms with Crippen molar-refractivity contribution in [3.05, 3.63) is 47.2 Å². The summed E-state index contributed by atoms with van der Waals surface area (Å²) in [6.07, 6.45) is -3.26. The number of hydrogen-bond donors (Lipinski definition) is 3. The van der Waals surface area contributed by atoms with Gasteiger partial charge in [-0.1, -0.05) is 6.07 Å². The molecule has 0 amide bonds. The molecule has 182 valence electrons. The Kier molecular flexibility index (Phi) is 6.74. The number of alkyl halides is 4. The normalized spacial score (nSPS) is 20.6. The Morgan fingerprint density at radius 3 is 2.76 bits per heavy atom. The summed E-state index contributed by atoms with van der Waals surface area (Å²) in [7, 11) is 0. The van der Waals surface area contributed by atoms with Crippen LogP contribution in [0.1, 0.15) is 23.9 Å². The molecule has 34 heavy (non-hydrogen) atoms. The third-order valence-corrected chi connectivity index (χ3v) is 6.60. The van der Waals surface area contributed by atoms with Crippen molar-refractivity contribution in [1.82, 2.24) is 20.3 Å². The lowest BCUT2D eigenvalue weighted by molar-refractivity contribution is -0.258. The number of nitrogens with one attached hydrogen (secondary N) is 2. The number of benzene rings is 1. The lowest BCUT2D eigenvalue weighted by atomic mass is 10.1. The summed E-state index contributed by atoms with van der Waals surface area (Å²) in [6.45, 7) is 3.40. The maximum absolute atomic E-state index is 14.0. The summed E-state index contributed by atoms with van der Waals surface area (Å²) in [4.78, 5) is 12.7. The van der Waals surface area contributed by atoms with E-state index in [1.54, 1.807) is 18.2 Å². The topological polar surface area (TPSA) is 92.2 Å². The highest BCUT2D eigenvalue weighted by Gasteiger charge is 2.53. The second-order valence-corrected chi connectivity index (χ2v) is 9.23. The van der Waals surface area contributed by atoms with E-state index in [0.717, 1.165) is 16.9 Å². The lowest BCUT2D eigenvalue weighted by Crippen LogP contribution is -2.44. The van der Waals surface area contributed by atoms with Crippen LogP contribution in [-0.4, -0.2) is 51.6 Å². The number of halogens is 4. The minimum absolute atomic E-state index is 0.225. The molecule has 3 aromatic rings. The SMILES string of the molecule is Cc1cc(Nc2nccc(OC3CCNCC3F)n2)cc(-c2cnc(C(C)(O)C(F)(F)F)s2)c1. The van der Waals surface area contributed by atoms with Crippen molar-refractivity contribution in [2.75, 3.05) is 18.4 Å². The first-order chi connectivity index (χ1) is 16.0. The maximum atomic E-state index is 14.0. The largest absolute Gasteiger partial charge is 0.471 e. The molecular weight excluding hydrogens is 474 g/mol. The Morgan fingerprint density at radius 2 is 2.03 bits per heavy atom. The molecule has 0 saturated carbocycles. The zero-order valence-corrected chi connectivity index (χ0v) is 19.2. The molecule has 4 rings (SSSR count). The number of aromatic nitrogens is 3. The Labute approximate surface area is 197 Å². The zero-order chi connectivity index (χ0) is 24.5. The number of aliphatic hydroxyl groups is 1. The molecule has 0 aliphatic carbocycles. The summed E-state index contributed by atoms with van der Waals surface area (Å²) >= 11 is 0.765. The molecule has 1 saturated heterocycles. The predicted octanol–water partition coefficient (Wildman–Crippen LogP) is 4.50. The lowest BCUT2D eigenvalue weighted by Gasteiger charge is -2.26. The van der Waals surface area contributed by atoms with Gasteiger partial charge in [0.15, 0.2) is 0 Å². The number of piperidine rings is 1. The standard InChI is InChI=1S/C22H23F4N5O2S/c1-12-7-13(17-11-29-19(34-17)21(2,32)22(24,25)26)9-14(8-12)30-20-28-6-4-18(31-20)33-16-3-5-27-10-15(16)23/h4,6-9,11,15-16,27,32H,3,5,10H2,1-2H3,(H,28,30,31). The van der Waals surface area contributed by atoms with Gasteiger partial charge in [0.25, 0.3) is 0 Å². The van der Waals surface area contributed by atoms with E-state index in [2.05, 4.69) is 25.6 Å². The second kappa shape index (κ2) is 9.43. The Morgan fingerprint density at radius 1 is 1.24 bits per heavy atom. The van der Waals surface area contributed by atoms with Crippen molar-refractivity contribution in [2.45, 2.75) is 44.3 Å². The summed E-state index contributed by atoms with van der Waals surface area (Å²) in [5.74, 6) is 0.463. The molecule has 1 aliphatic rings. The zero-order valence-electron chi connectivity index (χ0n) is 18.4. The van der Waals surface area contributed by atoms with Gasteiger partial charge >= 0.3 is 6.18 Å². The molecule has 3 heterocycles. The molecule has 3 atom stereocenters. The molecule has 1 aliphatic heterocycles. The summed E-state index contributed by atoms with van der Waals surface area (Å²) < 4.78 is 59.2. The van der Waals surface area contributed by atoms with Crippen LogP contribution in [0.4, 0.5) is 29.2 Å². The second-order valence-electron chi connectivity index (χ2n) is 8.20. The predicted molar refractivity (Wildman–Crippen MR) is 120 cm³/mol. The monoisotopic (exact) mass is 497 g/mol. The van der Waals surface area contributed by atoms with Crippen molar-refractivity contribution in [2.24, 2.45) is 0 Å². The molecule has 7 nitrogen and oxygen atoms in total. The molecule has 12 heteroatoms. The van der Waals surface area contributed by atoms with Crippen molar-refractivity contribution in [1.29, 1.82) is 0 Å². The fraction of sp³-hybridized carbons (Fsp3) is 0.409. The molecule has 2 aromatic heterocycles. The third kappa shape index (κ3) is 5.29. The van der Waals surface area contributed by atoms with Crippen LogP contribution in [0.3, 0.4) is 0 Å². The van der Waals surface area contributed by atoms with Gasteiger partial charge in [0.05, 0.1) is 4.88 Å². The summed E-state index contributed by atoms with van der Waals surface area (Å²) in [5, 5.41) is 15.5. The Balaban J connectivity index is 1.54. The van der Waals surface area contributed by atoms with Crippen molar-refractivity contribution in [3.8, 4) is 16.3 Å². The number of rotatable bonds is 6. The highest BCUT2D eigenvalue weighted by atomic mass is 32.1. The van der Waals surface area contributed by atoms with E-state index < -0.39 is 29.1 Å². The first-order valence-corrected chi connectivity index (χ1v) is 11.3. The molecule has 3 N–H and O–H groups in total. The molecule has 0 radical (unpaired) electrons. The van der Waals surface area contributed by atoms with Crippen molar-refractivity contribution >= 4 is 23.0 Å². The number of nitrogens with zero attached hydrogens (tertiary/aromatic N) is 3. The van der Waals surface area contributed by atoms with Crippen LogP contribution < -0.4 is 15.4 Å². The van der Waals surface area contributed by atoms with Crippen LogP contribution in [0.25, 0.3) is 10.4 Å². The van der Waals surface area contributed by atoms with Gasteiger partial charge in [0, 0.05) is 30.7 Å². The van der Waals surface area contributed by atoms with E-state index in [1.807, 2.05) is 13.0 Å². The van der Waals surface area contributed by atoms with Crippen LogP contribution in [0.15, 0.2) is 36.7 Å².